The fourth-order valence-corrected chi connectivity index (χ4v) is 4.55. The Hall–Kier alpha value is -3.19. The van der Waals surface area contributed by atoms with E-state index in [2.05, 4.69) is 50.2 Å². The van der Waals surface area contributed by atoms with Crippen molar-refractivity contribution in [3.63, 3.8) is 0 Å². The molecule has 0 saturated carbocycles. The molecule has 2 aliphatic rings. The second-order valence-corrected chi connectivity index (χ2v) is 8.77. The maximum absolute atomic E-state index is 13.1. The van der Waals surface area contributed by atoms with Gasteiger partial charge in [0.25, 0.3) is 5.91 Å². The number of nitrogens with one attached hydrogen (secondary N) is 1. The molecule has 3 N–H and O–H groups in total. The van der Waals surface area contributed by atoms with Crippen molar-refractivity contribution in [1.29, 1.82) is 0 Å². The predicted octanol–water partition coefficient (Wildman–Crippen LogP) is 3.27. The van der Waals surface area contributed by atoms with E-state index in [1.165, 1.54) is 6.42 Å². The van der Waals surface area contributed by atoms with Gasteiger partial charge < -0.3 is 20.9 Å². The van der Waals surface area contributed by atoms with Gasteiger partial charge in [0, 0.05) is 49.5 Å². The van der Waals surface area contributed by atoms with Gasteiger partial charge in [-0.15, -0.1) is 0 Å². The number of benzene rings is 1. The number of amides is 1. The van der Waals surface area contributed by atoms with Crippen LogP contribution >= 0.6 is 0 Å². The van der Waals surface area contributed by atoms with E-state index in [0.717, 1.165) is 54.9 Å². The zero-order valence-corrected chi connectivity index (χ0v) is 17.8. The molecule has 5 rings (SSSR count). The lowest BCUT2D eigenvalue weighted by Crippen LogP contribution is -2.46. The number of piperidine rings is 1. The number of pyridine rings is 2. The highest BCUT2D eigenvalue weighted by Crippen LogP contribution is 2.29. The van der Waals surface area contributed by atoms with Crippen molar-refractivity contribution in [2.24, 2.45) is 11.7 Å². The lowest BCUT2D eigenvalue weighted by atomic mass is 9.96. The number of rotatable bonds is 4. The molecular weight excluding hydrogens is 388 g/mol. The van der Waals surface area contributed by atoms with Crippen LogP contribution in [0, 0.1) is 5.92 Å². The third-order valence-electron chi connectivity index (χ3n) is 6.21. The van der Waals surface area contributed by atoms with Crippen LogP contribution in [0.1, 0.15) is 30.3 Å². The van der Waals surface area contributed by atoms with Gasteiger partial charge in [0.2, 0.25) is 0 Å². The van der Waals surface area contributed by atoms with Crippen LogP contribution in [0.2, 0.25) is 0 Å². The van der Waals surface area contributed by atoms with E-state index in [0.29, 0.717) is 17.3 Å². The quantitative estimate of drug-likeness (QED) is 0.679. The summed E-state index contributed by atoms with van der Waals surface area (Å²) in [5.74, 6) is 0.267. The molecule has 7 heteroatoms. The molecule has 0 radical (unpaired) electrons. The minimum absolute atomic E-state index is 0.128. The summed E-state index contributed by atoms with van der Waals surface area (Å²) >= 11 is 0. The van der Waals surface area contributed by atoms with Crippen molar-refractivity contribution in [3.8, 4) is 0 Å². The first-order chi connectivity index (χ1) is 15.1. The van der Waals surface area contributed by atoms with E-state index < -0.39 is 0 Å². The van der Waals surface area contributed by atoms with Crippen LogP contribution in [-0.4, -0.2) is 48.1 Å². The van der Waals surface area contributed by atoms with Crippen molar-refractivity contribution in [3.05, 3.63) is 54.5 Å². The van der Waals surface area contributed by atoms with Crippen molar-refractivity contribution in [2.45, 2.75) is 25.8 Å². The van der Waals surface area contributed by atoms with E-state index in [-0.39, 0.29) is 11.9 Å². The van der Waals surface area contributed by atoms with Gasteiger partial charge in [0.15, 0.2) is 0 Å². The lowest BCUT2D eigenvalue weighted by molar-refractivity contribution is 0.102. The van der Waals surface area contributed by atoms with Crippen molar-refractivity contribution in [2.75, 3.05) is 41.3 Å². The standard InChI is InChI=1S/C24H28N6O/c1-16-11-18(25)15-30(14-16)23-7-8-26-13-22(23)28-24(31)20-6-4-17-3-5-19(12-21(17)27-20)29-9-2-10-29/h3-8,12-13,16,18H,2,9-11,14-15,25H2,1H3,(H,28,31). The number of aromatic nitrogens is 2. The zero-order valence-electron chi connectivity index (χ0n) is 17.8. The van der Waals surface area contributed by atoms with Crippen molar-refractivity contribution >= 4 is 33.9 Å². The summed E-state index contributed by atoms with van der Waals surface area (Å²) in [5, 5.41) is 4.05. The summed E-state index contributed by atoms with van der Waals surface area (Å²) in [4.78, 5) is 26.5. The van der Waals surface area contributed by atoms with Crippen LogP contribution in [0.25, 0.3) is 10.9 Å². The molecule has 3 aromatic rings. The van der Waals surface area contributed by atoms with Gasteiger partial charge >= 0.3 is 0 Å². The Labute approximate surface area is 182 Å². The van der Waals surface area contributed by atoms with Gasteiger partial charge in [-0.2, -0.15) is 0 Å². The van der Waals surface area contributed by atoms with Crippen molar-refractivity contribution in [1.82, 2.24) is 9.97 Å². The number of carbonyl (C=O) groups excluding carboxylic acids is 1. The van der Waals surface area contributed by atoms with Crippen LogP contribution in [0.4, 0.5) is 17.1 Å². The van der Waals surface area contributed by atoms with E-state index >= 15 is 0 Å². The molecule has 160 valence electrons. The minimum atomic E-state index is -0.236. The predicted molar refractivity (Wildman–Crippen MR) is 125 cm³/mol. The van der Waals surface area contributed by atoms with E-state index in [1.807, 2.05) is 12.1 Å². The van der Waals surface area contributed by atoms with Crippen LogP contribution in [0.5, 0.6) is 0 Å². The maximum atomic E-state index is 13.1. The first-order valence-corrected chi connectivity index (χ1v) is 11.0. The summed E-state index contributed by atoms with van der Waals surface area (Å²) in [5.41, 5.74) is 10.3. The summed E-state index contributed by atoms with van der Waals surface area (Å²) < 4.78 is 0. The summed E-state index contributed by atoms with van der Waals surface area (Å²) in [6.45, 7) is 6.04. The fraction of sp³-hybridized carbons (Fsp3) is 0.375. The highest BCUT2D eigenvalue weighted by Gasteiger charge is 2.24. The third-order valence-corrected chi connectivity index (χ3v) is 6.21. The first kappa shape index (κ1) is 19.8. The number of fused-ring (bicyclic) bond motifs is 1. The van der Waals surface area contributed by atoms with E-state index in [9.17, 15) is 4.79 Å². The number of nitrogens with zero attached hydrogens (tertiary/aromatic N) is 4. The molecule has 2 aliphatic heterocycles. The Bertz CT molecular complexity index is 1100. The van der Waals surface area contributed by atoms with Gasteiger partial charge in [-0.05, 0) is 43.0 Å². The summed E-state index contributed by atoms with van der Waals surface area (Å²) in [7, 11) is 0. The Kier molecular flexibility index (Phi) is 5.19. The molecule has 2 fully saturated rings. The molecule has 2 atom stereocenters. The topological polar surface area (TPSA) is 87.4 Å². The van der Waals surface area contributed by atoms with Crippen LogP contribution in [0.3, 0.4) is 0 Å². The smallest absolute Gasteiger partial charge is 0.274 e. The Morgan fingerprint density at radius 3 is 2.74 bits per heavy atom. The third kappa shape index (κ3) is 4.05. The highest BCUT2D eigenvalue weighted by molar-refractivity contribution is 6.05. The number of anilines is 3. The highest BCUT2D eigenvalue weighted by atomic mass is 16.1. The normalized spacial score (nSPS) is 21.1. The average molecular weight is 417 g/mol. The maximum Gasteiger partial charge on any atom is 0.274 e. The van der Waals surface area contributed by atoms with Gasteiger partial charge in [0.05, 0.1) is 23.1 Å². The monoisotopic (exact) mass is 416 g/mol. The van der Waals surface area contributed by atoms with Crippen molar-refractivity contribution < 1.29 is 4.79 Å². The Balaban J connectivity index is 1.39. The van der Waals surface area contributed by atoms with Gasteiger partial charge in [-0.1, -0.05) is 19.1 Å². The molecule has 1 aromatic carbocycles. The lowest BCUT2D eigenvalue weighted by Gasteiger charge is -2.37. The van der Waals surface area contributed by atoms with Crippen LogP contribution in [-0.2, 0) is 0 Å². The van der Waals surface area contributed by atoms with Crippen LogP contribution in [0.15, 0.2) is 48.8 Å². The molecule has 2 unspecified atom stereocenters. The van der Waals surface area contributed by atoms with Gasteiger partial charge in [-0.3, -0.25) is 9.78 Å². The van der Waals surface area contributed by atoms with E-state index in [4.69, 9.17) is 5.73 Å². The Morgan fingerprint density at radius 2 is 1.97 bits per heavy atom. The molecule has 2 saturated heterocycles. The number of hydrogen-bond donors (Lipinski definition) is 2. The Morgan fingerprint density at radius 1 is 1.13 bits per heavy atom. The largest absolute Gasteiger partial charge is 0.371 e. The molecule has 0 bridgehead atoms. The minimum Gasteiger partial charge on any atom is -0.371 e. The first-order valence-electron chi connectivity index (χ1n) is 11.0. The summed E-state index contributed by atoms with van der Waals surface area (Å²) in [6, 6.07) is 12.0. The second kappa shape index (κ2) is 8.15. The molecular formula is C24H28N6O. The second-order valence-electron chi connectivity index (χ2n) is 8.77. The fourth-order valence-electron chi connectivity index (χ4n) is 4.55. The average Bonchev–Trinajstić information content (AvgIpc) is 2.71. The molecule has 4 heterocycles. The molecule has 2 aromatic heterocycles. The molecule has 1 amide bonds. The number of carbonyl (C=O) groups is 1. The molecule has 31 heavy (non-hydrogen) atoms. The molecule has 0 spiro atoms. The summed E-state index contributed by atoms with van der Waals surface area (Å²) in [6.07, 6.45) is 5.69. The van der Waals surface area contributed by atoms with E-state index in [1.54, 1.807) is 18.5 Å². The SMILES string of the molecule is CC1CC(N)CN(c2ccncc2NC(=O)c2ccc3ccc(N4CCC4)cc3n2)C1. The van der Waals surface area contributed by atoms with Gasteiger partial charge in [-0.25, -0.2) is 4.98 Å². The van der Waals surface area contributed by atoms with Gasteiger partial charge in [0.1, 0.15) is 5.69 Å². The molecule has 7 nitrogen and oxygen atoms in total. The zero-order chi connectivity index (χ0) is 21.4. The number of nitrogens with two attached hydrogens (primary N) is 1. The van der Waals surface area contributed by atoms with Crippen LogP contribution < -0.4 is 20.9 Å². The molecule has 0 aliphatic carbocycles. The number of hydrogen-bond acceptors (Lipinski definition) is 6.